The first-order valence-corrected chi connectivity index (χ1v) is 7.86. The van der Waals surface area contributed by atoms with Crippen molar-refractivity contribution in [2.45, 2.75) is 11.8 Å². The van der Waals surface area contributed by atoms with Gasteiger partial charge in [0.2, 0.25) is 5.91 Å². The monoisotopic (exact) mass is 335 g/mol. The van der Waals surface area contributed by atoms with E-state index < -0.39 is 32.4 Å². The number of halogens is 1. The van der Waals surface area contributed by atoms with E-state index in [0.717, 1.165) is 19.2 Å². The molecule has 0 bridgehead atoms. The largest absolute Gasteiger partial charge is 0.494 e. The van der Waals surface area contributed by atoms with Crippen LogP contribution in [0.2, 0.25) is 5.02 Å². The molecule has 2 N–H and O–H groups in total. The second kappa shape index (κ2) is 6.77. The molecule has 0 atom stereocenters. The van der Waals surface area contributed by atoms with Crippen LogP contribution in [0.1, 0.15) is 17.3 Å². The van der Waals surface area contributed by atoms with Crippen LogP contribution in [-0.2, 0) is 14.6 Å². The summed E-state index contributed by atoms with van der Waals surface area (Å²) in [6.07, 6.45) is 0. The predicted molar refractivity (Wildman–Crippen MR) is 75.7 cm³/mol. The van der Waals surface area contributed by atoms with Gasteiger partial charge in [-0.15, -0.1) is 0 Å². The summed E-state index contributed by atoms with van der Waals surface area (Å²) in [6, 6.07) is 2.13. The van der Waals surface area contributed by atoms with Crippen LogP contribution in [0.4, 0.5) is 0 Å². The Morgan fingerprint density at radius 3 is 2.48 bits per heavy atom. The highest BCUT2D eigenvalue weighted by Gasteiger charge is 2.27. The lowest BCUT2D eigenvalue weighted by Gasteiger charge is -2.12. The number of amides is 1. The summed E-state index contributed by atoms with van der Waals surface area (Å²) >= 11 is 5.74. The Morgan fingerprint density at radius 1 is 1.38 bits per heavy atom. The summed E-state index contributed by atoms with van der Waals surface area (Å²) in [6.45, 7) is 1.93. The van der Waals surface area contributed by atoms with E-state index in [0.29, 0.717) is 0 Å². The number of carboxylic acid groups (broad SMARTS) is 1. The van der Waals surface area contributed by atoms with Gasteiger partial charge >= 0.3 is 5.97 Å². The molecule has 1 amide bonds. The fourth-order valence-corrected chi connectivity index (χ4v) is 3.34. The Balaban J connectivity index is 3.41. The van der Waals surface area contributed by atoms with E-state index in [1.54, 1.807) is 6.92 Å². The number of sulfone groups is 1. The zero-order valence-electron chi connectivity index (χ0n) is 11.3. The van der Waals surface area contributed by atoms with E-state index in [1.165, 1.54) is 0 Å². The molecule has 0 fully saturated rings. The molecule has 1 rings (SSSR count). The molecule has 0 aliphatic heterocycles. The number of methoxy groups -OCH3 is 1. The first-order chi connectivity index (χ1) is 9.72. The molecule has 0 saturated carbocycles. The van der Waals surface area contributed by atoms with Gasteiger partial charge < -0.3 is 15.2 Å². The normalized spacial score (nSPS) is 11.0. The molecular weight excluding hydrogens is 322 g/mol. The Hall–Kier alpha value is -1.80. The van der Waals surface area contributed by atoms with Crippen LogP contribution < -0.4 is 10.1 Å². The summed E-state index contributed by atoms with van der Waals surface area (Å²) in [5.74, 6) is -3.26. The van der Waals surface area contributed by atoms with Gasteiger partial charge in [0, 0.05) is 11.6 Å². The van der Waals surface area contributed by atoms with E-state index in [9.17, 15) is 18.0 Å². The van der Waals surface area contributed by atoms with Gasteiger partial charge in [-0.2, -0.15) is 0 Å². The van der Waals surface area contributed by atoms with E-state index in [4.69, 9.17) is 21.4 Å². The van der Waals surface area contributed by atoms with Gasteiger partial charge in [0.15, 0.2) is 15.6 Å². The fraction of sp³-hybridized carbons (Fsp3) is 0.333. The van der Waals surface area contributed by atoms with Crippen LogP contribution in [0.25, 0.3) is 0 Å². The van der Waals surface area contributed by atoms with Crippen molar-refractivity contribution in [1.82, 2.24) is 5.32 Å². The van der Waals surface area contributed by atoms with Crippen molar-refractivity contribution in [2.75, 3.05) is 19.4 Å². The highest BCUT2D eigenvalue weighted by Crippen LogP contribution is 2.32. The van der Waals surface area contributed by atoms with Crippen molar-refractivity contribution >= 4 is 33.3 Å². The maximum atomic E-state index is 12.2. The molecule has 0 unspecified atom stereocenters. The summed E-state index contributed by atoms with van der Waals surface area (Å²) in [4.78, 5) is 22.1. The molecule has 1 aromatic carbocycles. The van der Waals surface area contributed by atoms with Crippen molar-refractivity contribution in [3.63, 3.8) is 0 Å². The second-order valence-corrected chi connectivity index (χ2v) is 6.40. The van der Waals surface area contributed by atoms with Gasteiger partial charge in [-0.25, -0.2) is 13.2 Å². The van der Waals surface area contributed by atoms with E-state index in [-0.39, 0.29) is 22.9 Å². The van der Waals surface area contributed by atoms with E-state index in [2.05, 4.69) is 5.32 Å². The summed E-state index contributed by atoms with van der Waals surface area (Å²) in [7, 11) is -2.95. The third-order valence-corrected chi connectivity index (χ3v) is 4.32. The van der Waals surface area contributed by atoms with Crippen molar-refractivity contribution in [3.05, 3.63) is 22.7 Å². The Labute approximate surface area is 126 Å². The number of carboxylic acids is 1. The number of nitrogens with one attached hydrogen (secondary N) is 1. The average Bonchev–Trinajstić information content (AvgIpc) is 2.37. The molecule has 21 heavy (non-hydrogen) atoms. The second-order valence-electron chi connectivity index (χ2n) is 4.00. The van der Waals surface area contributed by atoms with Gasteiger partial charge in [-0.3, -0.25) is 4.79 Å². The van der Waals surface area contributed by atoms with E-state index >= 15 is 0 Å². The molecule has 116 valence electrons. The molecule has 0 spiro atoms. The van der Waals surface area contributed by atoms with Gasteiger partial charge in [-0.05, 0) is 19.1 Å². The topological polar surface area (TPSA) is 110 Å². The first kappa shape index (κ1) is 17.3. The quantitative estimate of drug-likeness (QED) is 0.801. The third-order valence-electron chi connectivity index (χ3n) is 2.48. The number of hydrogen-bond donors (Lipinski definition) is 2. The lowest BCUT2D eigenvalue weighted by atomic mass is 10.2. The zero-order chi connectivity index (χ0) is 16.2. The first-order valence-electron chi connectivity index (χ1n) is 5.83. The van der Waals surface area contributed by atoms with Gasteiger partial charge in [-0.1, -0.05) is 11.6 Å². The SMILES string of the molecule is CCNC(=O)CS(=O)(=O)c1cc(Cl)cc(C(=O)O)c1OC. The van der Waals surface area contributed by atoms with Crippen LogP contribution in [0.15, 0.2) is 17.0 Å². The molecule has 0 aliphatic carbocycles. The van der Waals surface area contributed by atoms with Crippen LogP contribution >= 0.6 is 11.6 Å². The summed E-state index contributed by atoms with van der Waals surface area (Å²) in [5, 5.41) is 11.3. The minimum absolute atomic E-state index is 0.0809. The van der Waals surface area contributed by atoms with Gasteiger partial charge in [0.25, 0.3) is 0 Å². The van der Waals surface area contributed by atoms with Crippen molar-refractivity contribution in [3.8, 4) is 5.75 Å². The Kier molecular flexibility index (Phi) is 5.56. The van der Waals surface area contributed by atoms with Crippen LogP contribution in [-0.4, -0.2) is 44.8 Å². The highest BCUT2D eigenvalue weighted by molar-refractivity contribution is 7.92. The molecule has 7 nitrogen and oxygen atoms in total. The number of carbonyl (C=O) groups excluding carboxylic acids is 1. The molecule has 0 aliphatic rings. The zero-order valence-corrected chi connectivity index (χ0v) is 12.9. The minimum atomic E-state index is -4.09. The van der Waals surface area contributed by atoms with Crippen LogP contribution in [0, 0.1) is 0 Å². The smallest absolute Gasteiger partial charge is 0.339 e. The van der Waals surface area contributed by atoms with Crippen LogP contribution in [0.3, 0.4) is 0 Å². The number of benzene rings is 1. The Morgan fingerprint density at radius 2 is 2.00 bits per heavy atom. The lowest BCUT2D eigenvalue weighted by molar-refractivity contribution is -0.118. The van der Waals surface area contributed by atoms with Crippen molar-refractivity contribution in [1.29, 1.82) is 0 Å². The highest BCUT2D eigenvalue weighted by atomic mass is 35.5. The van der Waals surface area contributed by atoms with Gasteiger partial charge in [0.05, 0.1) is 7.11 Å². The summed E-state index contributed by atoms with van der Waals surface area (Å²) in [5.41, 5.74) is -0.389. The number of carbonyl (C=O) groups is 2. The van der Waals surface area contributed by atoms with Crippen molar-refractivity contribution in [2.24, 2.45) is 0 Å². The standard InChI is InChI=1S/C12H14ClNO6S/c1-3-14-10(15)6-21(18,19)9-5-7(13)4-8(12(16)17)11(9)20-2/h4-5H,3,6H2,1-2H3,(H,14,15)(H,16,17). The molecule has 0 saturated heterocycles. The maximum Gasteiger partial charge on any atom is 0.339 e. The molecule has 1 aromatic rings. The number of rotatable bonds is 6. The Bertz CT molecular complexity index is 671. The molecule has 0 heterocycles. The molecule has 9 heteroatoms. The number of ether oxygens (including phenoxy) is 1. The average molecular weight is 336 g/mol. The molecular formula is C12H14ClNO6S. The van der Waals surface area contributed by atoms with Crippen molar-refractivity contribution < 1.29 is 27.9 Å². The van der Waals surface area contributed by atoms with Crippen LogP contribution in [0.5, 0.6) is 5.75 Å². The molecule has 0 radical (unpaired) electrons. The third kappa shape index (κ3) is 4.08. The minimum Gasteiger partial charge on any atom is -0.494 e. The lowest BCUT2D eigenvalue weighted by Crippen LogP contribution is -2.30. The maximum absolute atomic E-state index is 12.2. The molecule has 0 aromatic heterocycles. The van der Waals surface area contributed by atoms with Gasteiger partial charge in [0.1, 0.15) is 16.2 Å². The fourth-order valence-electron chi connectivity index (χ4n) is 1.67. The van der Waals surface area contributed by atoms with E-state index in [1.807, 2.05) is 0 Å². The number of aromatic carboxylic acids is 1. The number of hydrogen-bond acceptors (Lipinski definition) is 5. The predicted octanol–water partition coefficient (Wildman–Crippen LogP) is 0.957. The summed E-state index contributed by atoms with van der Waals surface area (Å²) < 4.78 is 29.3.